The number of rotatable bonds is 10. The van der Waals surface area contributed by atoms with Crippen LogP contribution in [0.5, 0.6) is 17.4 Å². The highest BCUT2D eigenvalue weighted by atomic mass is 32.2. The van der Waals surface area contributed by atoms with Crippen LogP contribution in [0, 0.1) is 12.8 Å². The van der Waals surface area contributed by atoms with Gasteiger partial charge in [-0.15, -0.1) is 0 Å². The quantitative estimate of drug-likeness (QED) is 0.283. The molecule has 2 aromatic heterocycles. The molecule has 1 aliphatic heterocycles. The van der Waals surface area contributed by atoms with Gasteiger partial charge in [-0.3, -0.25) is 4.68 Å². The fourth-order valence-electron chi connectivity index (χ4n) is 4.62. The molecule has 0 saturated carbocycles. The number of hydrogen-bond acceptors (Lipinski definition) is 9. The number of benzene rings is 2. The van der Waals surface area contributed by atoms with Gasteiger partial charge in [0, 0.05) is 56.7 Å². The van der Waals surface area contributed by atoms with Crippen molar-refractivity contribution >= 4 is 21.7 Å². The van der Waals surface area contributed by atoms with Crippen LogP contribution in [0.1, 0.15) is 19.4 Å². The number of sulfonamides is 1. The van der Waals surface area contributed by atoms with E-state index >= 15 is 0 Å². The van der Waals surface area contributed by atoms with Crippen molar-refractivity contribution in [3.8, 4) is 28.6 Å². The Labute approximate surface area is 247 Å². The number of nitrogens with zero attached hydrogens (tertiary/aromatic N) is 6. The molecule has 11 nitrogen and oxygen atoms in total. The van der Waals surface area contributed by atoms with Crippen molar-refractivity contribution in [2.75, 3.05) is 49.5 Å². The van der Waals surface area contributed by atoms with Crippen molar-refractivity contribution < 1.29 is 17.9 Å². The minimum atomic E-state index is -4.00. The van der Waals surface area contributed by atoms with E-state index in [1.807, 2.05) is 49.4 Å². The van der Waals surface area contributed by atoms with Gasteiger partial charge in [-0.05, 0) is 55.8 Å². The van der Waals surface area contributed by atoms with Crippen LogP contribution < -0.4 is 19.1 Å². The maximum atomic E-state index is 13.1. The van der Waals surface area contributed by atoms with E-state index in [1.54, 1.807) is 13.1 Å². The average molecular weight is 592 g/mol. The lowest BCUT2D eigenvalue weighted by Crippen LogP contribution is -2.44. The lowest BCUT2D eigenvalue weighted by molar-refractivity contribution is 0.272. The maximum absolute atomic E-state index is 13.1. The Hall–Kier alpha value is -4.16. The first-order valence-corrected chi connectivity index (χ1v) is 15.4. The Bertz CT molecular complexity index is 1630. The highest BCUT2D eigenvalue weighted by Gasteiger charge is 2.21. The molecule has 0 aliphatic carbocycles. The summed E-state index contributed by atoms with van der Waals surface area (Å²) < 4.78 is 42.5. The fraction of sp³-hybridized carbons (Fsp3) is 0.367. The van der Waals surface area contributed by atoms with Crippen LogP contribution in [0.25, 0.3) is 11.3 Å². The Morgan fingerprint density at radius 3 is 2.40 bits per heavy atom. The summed E-state index contributed by atoms with van der Waals surface area (Å²) >= 11 is 0. The summed E-state index contributed by atoms with van der Waals surface area (Å²) in [7, 11) is -0.221. The van der Waals surface area contributed by atoms with Crippen molar-refractivity contribution in [2.45, 2.75) is 25.7 Å². The monoisotopic (exact) mass is 591 g/mol. The Kier molecular flexibility index (Phi) is 8.64. The molecule has 0 spiro atoms. The first-order chi connectivity index (χ1) is 20.1. The molecule has 0 amide bonds. The highest BCUT2D eigenvalue weighted by molar-refractivity contribution is 7.92. The normalized spacial score (nSPS) is 14.3. The van der Waals surface area contributed by atoms with Crippen molar-refractivity contribution in [1.82, 2.24) is 24.6 Å². The summed E-state index contributed by atoms with van der Waals surface area (Å²) in [5, 5.41) is 3.98. The van der Waals surface area contributed by atoms with E-state index in [1.165, 1.54) is 17.1 Å². The smallest absolute Gasteiger partial charge is 0.267 e. The molecule has 12 heteroatoms. The van der Waals surface area contributed by atoms with Crippen LogP contribution in [0.3, 0.4) is 0 Å². The minimum absolute atomic E-state index is 0.00202. The van der Waals surface area contributed by atoms with E-state index in [2.05, 4.69) is 50.5 Å². The Morgan fingerprint density at radius 1 is 1.00 bits per heavy atom. The molecule has 0 radical (unpaired) electrons. The van der Waals surface area contributed by atoms with Gasteiger partial charge in [-0.2, -0.15) is 10.1 Å². The van der Waals surface area contributed by atoms with Gasteiger partial charge in [0.15, 0.2) is 0 Å². The van der Waals surface area contributed by atoms with Gasteiger partial charge >= 0.3 is 0 Å². The summed E-state index contributed by atoms with van der Waals surface area (Å²) in [6.45, 7) is 10.6. The van der Waals surface area contributed by atoms with Crippen LogP contribution in [-0.4, -0.2) is 72.9 Å². The number of ether oxygens (including phenoxy) is 2. The first kappa shape index (κ1) is 29.3. The molecule has 0 atom stereocenters. The second kappa shape index (κ2) is 12.4. The van der Waals surface area contributed by atoms with Gasteiger partial charge in [-0.25, -0.2) is 18.1 Å². The van der Waals surface area contributed by atoms with Crippen LogP contribution in [0.2, 0.25) is 0 Å². The third-order valence-electron chi connectivity index (χ3n) is 6.91. The predicted molar refractivity (Wildman–Crippen MR) is 163 cm³/mol. The zero-order valence-corrected chi connectivity index (χ0v) is 25.4. The van der Waals surface area contributed by atoms with Crippen molar-refractivity contribution in [1.29, 1.82) is 0 Å². The van der Waals surface area contributed by atoms with E-state index in [0.29, 0.717) is 29.7 Å². The fourth-order valence-corrected chi connectivity index (χ4v) is 5.55. The molecule has 3 heterocycles. The van der Waals surface area contributed by atoms with E-state index < -0.39 is 10.0 Å². The lowest BCUT2D eigenvalue weighted by atomic mass is 10.0. The van der Waals surface area contributed by atoms with Gasteiger partial charge in [-0.1, -0.05) is 26.0 Å². The van der Waals surface area contributed by atoms with Crippen LogP contribution in [0.4, 0.5) is 11.6 Å². The van der Waals surface area contributed by atoms with Crippen molar-refractivity contribution in [3.63, 3.8) is 0 Å². The SMILES string of the molecule is Cc1cccc(OCC(C)C)c1-c1cc(Oc2ccc(N3CCN(C)CC3)cc2)nc(NS(=O)(=O)c2cnn(C)c2)n1. The Morgan fingerprint density at radius 2 is 1.74 bits per heavy atom. The molecule has 222 valence electrons. The minimum Gasteiger partial charge on any atom is -0.493 e. The van der Waals surface area contributed by atoms with E-state index in [4.69, 9.17) is 9.47 Å². The van der Waals surface area contributed by atoms with Gasteiger partial charge < -0.3 is 19.3 Å². The molecule has 0 unspecified atom stereocenters. The number of nitrogens with one attached hydrogen (secondary N) is 1. The summed E-state index contributed by atoms with van der Waals surface area (Å²) in [6.07, 6.45) is 2.68. The van der Waals surface area contributed by atoms with Crippen LogP contribution in [0.15, 0.2) is 65.8 Å². The third kappa shape index (κ3) is 7.00. The van der Waals surface area contributed by atoms with Gasteiger partial charge in [0.1, 0.15) is 16.4 Å². The molecule has 2 aromatic carbocycles. The second-order valence-electron chi connectivity index (χ2n) is 10.9. The number of likely N-dealkylation sites (N-methyl/N-ethyl adjacent to an activating group) is 1. The maximum Gasteiger partial charge on any atom is 0.267 e. The molecule has 1 aliphatic rings. The van der Waals surface area contributed by atoms with Crippen molar-refractivity contribution in [3.05, 3.63) is 66.5 Å². The van der Waals surface area contributed by atoms with E-state index in [-0.39, 0.29) is 16.7 Å². The van der Waals surface area contributed by atoms with Crippen LogP contribution >= 0.6 is 0 Å². The summed E-state index contributed by atoms with van der Waals surface area (Å²) in [6, 6.07) is 15.3. The zero-order chi connectivity index (χ0) is 29.9. The molecule has 4 aromatic rings. The largest absolute Gasteiger partial charge is 0.493 e. The summed E-state index contributed by atoms with van der Waals surface area (Å²) in [5.41, 5.74) is 3.24. The number of anilines is 2. The molecule has 5 rings (SSSR count). The molecular weight excluding hydrogens is 554 g/mol. The van der Waals surface area contributed by atoms with E-state index in [0.717, 1.165) is 43.0 Å². The van der Waals surface area contributed by atoms with Gasteiger partial charge in [0.2, 0.25) is 11.8 Å². The van der Waals surface area contributed by atoms with Crippen molar-refractivity contribution in [2.24, 2.45) is 13.0 Å². The lowest BCUT2D eigenvalue weighted by Gasteiger charge is -2.34. The number of aryl methyl sites for hydroxylation is 2. The van der Waals surface area contributed by atoms with Gasteiger partial charge in [0.25, 0.3) is 10.0 Å². The standard InChI is InChI=1S/C30H37N7O4S/c1-21(2)20-40-27-8-6-7-22(3)29(27)26-17-28(33-30(32-26)34-42(38,39)25-18-31-36(5)19-25)41-24-11-9-23(10-12-24)37-15-13-35(4)14-16-37/h6-12,17-19,21H,13-16,20H2,1-5H3,(H,32,33,34). The average Bonchev–Trinajstić information content (AvgIpc) is 3.40. The number of piperazine rings is 1. The first-order valence-electron chi connectivity index (χ1n) is 13.9. The Balaban J connectivity index is 1.49. The summed E-state index contributed by atoms with van der Waals surface area (Å²) in [4.78, 5) is 13.7. The highest BCUT2D eigenvalue weighted by Crippen LogP contribution is 2.35. The molecule has 1 saturated heterocycles. The molecule has 1 N–H and O–H groups in total. The third-order valence-corrected chi connectivity index (χ3v) is 8.19. The van der Waals surface area contributed by atoms with E-state index in [9.17, 15) is 8.42 Å². The summed E-state index contributed by atoms with van der Waals surface area (Å²) in [5.74, 6) is 1.59. The number of aromatic nitrogens is 4. The number of hydrogen-bond donors (Lipinski definition) is 1. The molecular formula is C30H37N7O4S. The topological polar surface area (TPSA) is 115 Å². The van der Waals surface area contributed by atoms with Gasteiger partial charge in [0.05, 0.1) is 18.5 Å². The second-order valence-corrected chi connectivity index (χ2v) is 12.6. The molecule has 0 bridgehead atoms. The van der Waals surface area contributed by atoms with Crippen LogP contribution in [-0.2, 0) is 17.1 Å². The zero-order valence-electron chi connectivity index (χ0n) is 24.6. The molecule has 42 heavy (non-hydrogen) atoms. The molecule has 1 fully saturated rings. The predicted octanol–water partition coefficient (Wildman–Crippen LogP) is 4.57.